The molecule has 1 aliphatic rings. The molecule has 50 heavy (non-hydrogen) atoms. The minimum atomic E-state index is -0.0470. The molecule has 0 fully saturated rings. The number of aromatic nitrogens is 1. The number of hydrogen-bond donors (Lipinski definition) is 0. The van der Waals surface area contributed by atoms with Gasteiger partial charge in [0.05, 0.1) is 11.0 Å². The van der Waals surface area contributed by atoms with Gasteiger partial charge in [0, 0.05) is 21.9 Å². The molecule has 0 bridgehead atoms. The summed E-state index contributed by atoms with van der Waals surface area (Å²) in [5.41, 5.74) is 16.4. The first kappa shape index (κ1) is 28.8. The molecular weight excluding hydrogens is 603 g/mol. The van der Waals surface area contributed by atoms with Crippen LogP contribution >= 0.6 is 0 Å². The van der Waals surface area contributed by atoms with Gasteiger partial charge in [-0.1, -0.05) is 135 Å². The second-order valence-corrected chi connectivity index (χ2v) is 14.2. The molecule has 1 heterocycles. The van der Waals surface area contributed by atoms with Gasteiger partial charge in [-0.15, -0.1) is 0 Å². The Morgan fingerprint density at radius 1 is 0.380 bits per heavy atom. The molecule has 0 amide bonds. The smallest absolute Gasteiger partial charge is 0.0547 e. The number of para-hydroxylation sites is 1. The molecule has 0 saturated heterocycles. The SMILES string of the molecule is CC1(C)c2ccccc2-c2cc3ccc4c(c3cc21)c1ccccc1n4-c1ccc(-c2cc(-c3ccccc3)cc(-c3ccccc3)c2)cc1. The van der Waals surface area contributed by atoms with Crippen LogP contribution in [-0.4, -0.2) is 4.57 Å². The lowest BCUT2D eigenvalue weighted by atomic mass is 9.81. The molecular formula is C49H35N. The van der Waals surface area contributed by atoms with Gasteiger partial charge < -0.3 is 4.57 Å². The van der Waals surface area contributed by atoms with E-state index in [1.165, 1.54) is 88.2 Å². The highest BCUT2D eigenvalue weighted by atomic mass is 15.0. The summed E-state index contributed by atoms with van der Waals surface area (Å²) in [7, 11) is 0. The third-order valence-corrected chi connectivity index (χ3v) is 11.0. The minimum Gasteiger partial charge on any atom is -0.309 e. The van der Waals surface area contributed by atoms with Gasteiger partial charge in [0.25, 0.3) is 0 Å². The van der Waals surface area contributed by atoms with Crippen LogP contribution in [0.1, 0.15) is 25.0 Å². The van der Waals surface area contributed by atoms with Crippen LogP contribution in [0.2, 0.25) is 0 Å². The molecule has 10 rings (SSSR count). The fraction of sp³-hybridized carbons (Fsp3) is 0.0612. The van der Waals surface area contributed by atoms with Crippen molar-refractivity contribution in [3.05, 3.63) is 187 Å². The van der Waals surface area contributed by atoms with Crippen molar-refractivity contribution in [2.24, 2.45) is 0 Å². The van der Waals surface area contributed by atoms with E-state index in [-0.39, 0.29) is 5.41 Å². The first-order chi connectivity index (χ1) is 24.5. The second kappa shape index (κ2) is 10.9. The van der Waals surface area contributed by atoms with E-state index in [4.69, 9.17) is 0 Å². The Hall–Kier alpha value is -6.18. The summed E-state index contributed by atoms with van der Waals surface area (Å²) in [6, 6.07) is 64.8. The van der Waals surface area contributed by atoms with Crippen molar-refractivity contribution in [1.82, 2.24) is 4.57 Å². The molecule has 1 nitrogen and oxygen atoms in total. The van der Waals surface area contributed by atoms with Gasteiger partial charge in [-0.2, -0.15) is 0 Å². The predicted octanol–water partition coefficient (Wildman–Crippen LogP) is 13.2. The van der Waals surface area contributed by atoms with Crippen LogP contribution in [0.4, 0.5) is 0 Å². The molecule has 0 saturated carbocycles. The predicted molar refractivity (Wildman–Crippen MR) is 212 cm³/mol. The number of fused-ring (bicyclic) bond motifs is 8. The monoisotopic (exact) mass is 637 g/mol. The molecule has 9 aromatic rings. The summed E-state index contributed by atoms with van der Waals surface area (Å²) >= 11 is 0. The van der Waals surface area contributed by atoms with E-state index in [1.807, 2.05) is 0 Å². The number of rotatable bonds is 4. The lowest BCUT2D eigenvalue weighted by Crippen LogP contribution is -2.14. The lowest BCUT2D eigenvalue weighted by Gasteiger charge is -2.21. The van der Waals surface area contributed by atoms with Crippen molar-refractivity contribution < 1.29 is 0 Å². The Labute approximate surface area is 292 Å². The molecule has 0 radical (unpaired) electrons. The van der Waals surface area contributed by atoms with Crippen molar-refractivity contribution in [3.8, 4) is 50.2 Å². The fourth-order valence-corrected chi connectivity index (χ4v) is 8.46. The molecule has 8 aromatic carbocycles. The van der Waals surface area contributed by atoms with Crippen LogP contribution in [0.5, 0.6) is 0 Å². The zero-order valence-electron chi connectivity index (χ0n) is 28.2. The topological polar surface area (TPSA) is 4.93 Å². The molecule has 0 unspecified atom stereocenters. The van der Waals surface area contributed by atoms with Crippen LogP contribution in [-0.2, 0) is 5.41 Å². The summed E-state index contributed by atoms with van der Waals surface area (Å²) in [6.45, 7) is 4.74. The average Bonchev–Trinajstić information content (AvgIpc) is 3.63. The highest BCUT2D eigenvalue weighted by Crippen LogP contribution is 2.51. The van der Waals surface area contributed by atoms with Crippen molar-refractivity contribution in [1.29, 1.82) is 0 Å². The Kier molecular flexibility index (Phi) is 6.29. The van der Waals surface area contributed by atoms with Gasteiger partial charge in [0.2, 0.25) is 0 Å². The normalized spacial score (nSPS) is 13.2. The molecule has 1 aliphatic carbocycles. The Balaban J connectivity index is 1.13. The van der Waals surface area contributed by atoms with E-state index in [0.29, 0.717) is 0 Å². The van der Waals surface area contributed by atoms with Crippen molar-refractivity contribution >= 4 is 32.6 Å². The maximum Gasteiger partial charge on any atom is 0.0547 e. The second-order valence-electron chi connectivity index (χ2n) is 14.2. The van der Waals surface area contributed by atoms with E-state index < -0.39 is 0 Å². The van der Waals surface area contributed by atoms with Crippen LogP contribution < -0.4 is 0 Å². The maximum atomic E-state index is 2.48. The first-order valence-electron chi connectivity index (χ1n) is 17.5. The summed E-state index contributed by atoms with van der Waals surface area (Å²) < 4.78 is 2.44. The van der Waals surface area contributed by atoms with E-state index in [9.17, 15) is 0 Å². The number of nitrogens with zero attached hydrogens (tertiary/aromatic N) is 1. The molecule has 0 aliphatic heterocycles. The third-order valence-electron chi connectivity index (χ3n) is 11.0. The van der Waals surface area contributed by atoms with Gasteiger partial charge in [-0.05, 0) is 121 Å². The van der Waals surface area contributed by atoms with Crippen molar-refractivity contribution in [3.63, 3.8) is 0 Å². The highest BCUT2D eigenvalue weighted by Gasteiger charge is 2.35. The average molecular weight is 638 g/mol. The Morgan fingerprint density at radius 3 is 1.64 bits per heavy atom. The minimum absolute atomic E-state index is 0.0470. The number of hydrogen-bond acceptors (Lipinski definition) is 0. The third kappa shape index (κ3) is 4.33. The van der Waals surface area contributed by atoms with E-state index in [0.717, 1.165) is 5.69 Å². The van der Waals surface area contributed by atoms with E-state index in [2.05, 4.69) is 194 Å². The summed E-state index contributed by atoms with van der Waals surface area (Å²) in [4.78, 5) is 0. The molecule has 0 N–H and O–H groups in total. The standard InChI is InChI=1S/C49H35N/c1-49(2)44-19-11-9-17-40(44)43-30-35-23-26-47-48(42(35)31-45(43)49)41-18-10-12-20-46(41)50(47)39-24-21-34(22-25-39)38-28-36(32-13-5-3-6-14-32)27-37(29-38)33-15-7-4-8-16-33/h3-31H,1-2H3. The molecule has 0 spiro atoms. The van der Waals surface area contributed by atoms with Crippen LogP contribution in [0.25, 0.3) is 82.8 Å². The van der Waals surface area contributed by atoms with Crippen LogP contribution in [0, 0.1) is 0 Å². The largest absolute Gasteiger partial charge is 0.309 e. The highest BCUT2D eigenvalue weighted by molar-refractivity contribution is 6.22. The number of benzene rings is 8. The Bertz CT molecular complexity index is 2690. The maximum absolute atomic E-state index is 2.48. The zero-order chi connectivity index (χ0) is 33.4. The fourth-order valence-electron chi connectivity index (χ4n) is 8.46. The first-order valence-corrected chi connectivity index (χ1v) is 17.5. The molecule has 236 valence electrons. The van der Waals surface area contributed by atoms with Gasteiger partial charge in [-0.3, -0.25) is 0 Å². The quantitative estimate of drug-likeness (QED) is 0.181. The lowest BCUT2D eigenvalue weighted by molar-refractivity contribution is 0.661. The van der Waals surface area contributed by atoms with Gasteiger partial charge in [0.1, 0.15) is 0 Å². The van der Waals surface area contributed by atoms with Crippen LogP contribution in [0.15, 0.2) is 176 Å². The molecule has 1 heteroatoms. The Morgan fingerprint density at radius 2 is 0.960 bits per heavy atom. The summed E-state index contributed by atoms with van der Waals surface area (Å²) in [6.07, 6.45) is 0. The van der Waals surface area contributed by atoms with E-state index in [1.54, 1.807) is 0 Å². The summed E-state index contributed by atoms with van der Waals surface area (Å²) in [5.74, 6) is 0. The van der Waals surface area contributed by atoms with Crippen molar-refractivity contribution in [2.45, 2.75) is 19.3 Å². The van der Waals surface area contributed by atoms with Gasteiger partial charge in [-0.25, -0.2) is 0 Å². The van der Waals surface area contributed by atoms with E-state index >= 15 is 0 Å². The van der Waals surface area contributed by atoms with Crippen LogP contribution in [0.3, 0.4) is 0 Å². The van der Waals surface area contributed by atoms with Gasteiger partial charge in [0.15, 0.2) is 0 Å². The summed E-state index contributed by atoms with van der Waals surface area (Å²) in [5, 5.41) is 5.21. The zero-order valence-corrected chi connectivity index (χ0v) is 28.2. The van der Waals surface area contributed by atoms with Crippen molar-refractivity contribution in [2.75, 3.05) is 0 Å². The molecule has 0 atom stereocenters. The van der Waals surface area contributed by atoms with Gasteiger partial charge >= 0.3 is 0 Å². The molecule has 1 aromatic heterocycles.